The molecule has 1 rings (SSSR count). The molecule has 0 aliphatic heterocycles. The summed E-state index contributed by atoms with van der Waals surface area (Å²) < 4.78 is 0. The van der Waals surface area contributed by atoms with Crippen LogP contribution in [0.4, 0.5) is 0 Å². The van der Waals surface area contributed by atoms with Gasteiger partial charge in [-0.05, 0) is 24.3 Å². The second-order valence-corrected chi connectivity index (χ2v) is 4.22. The van der Waals surface area contributed by atoms with Crippen molar-refractivity contribution in [2.24, 2.45) is 0 Å². The van der Waals surface area contributed by atoms with Crippen LogP contribution in [0.2, 0.25) is 0 Å². The Hall–Kier alpha value is -2.14. The first kappa shape index (κ1) is 14.9. The largest absolute Gasteiger partial charge is 0.478 e. The lowest BCUT2D eigenvalue weighted by molar-refractivity contribution is -0.131. The molecule has 1 aromatic rings. The van der Waals surface area contributed by atoms with E-state index in [0.29, 0.717) is 13.1 Å². The number of hydrogen-bond acceptors (Lipinski definition) is 3. The maximum atomic E-state index is 11.3. The summed E-state index contributed by atoms with van der Waals surface area (Å²) in [6.45, 7) is 0.876. The first-order valence-corrected chi connectivity index (χ1v) is 5.91. The molecule has 0 radical (unpaired) electrons. The van der Waals surface area contributed by atoms with Gasteiger partial charge in [0.25, 0.3) is 0 Å². The molecular formula is C14H18N2O3. The number of likely N-dealkylation sites (N-methyl/N-ethyl adjacent to an activating group) is 2. The molecule has 0 heterocycles. The number of carboxylic acid groups (broad SMARTS) is 1. The van der Waals surface area contributed by atoms with Gasteiger partial charge in [-0.2, -0.15) is 0 Å². The quantitative estimate of drug-likeness (QED) is 0.749. The molecule has 1 aromatic carbocycles. The SMILES string of the molecule is CNC(=O)CN(C)Cc1ccccc1/C=C/C(=O)O. The van der Waals surface area contributed by atoms with Gasteiger partial charge in [0.1, 0.15) is 0 Å². The smallest absolute Gasteiger partial charge is 0.328 e. The summed E-state index contributed by atoms with van der Waals surface area (Å²) in [6.07, 6.45) is 2.67. The van der Waals surface area contributed by atoms with Crippen LogP contribution < -0.4 is 5.32 Å². The highest BCUT2D eigenvalue weighted by Gasteiger charge is 2.07. The molecule has 0 atom stereocenters. The van der Waals surface area contributed by atoms with E-state index in [0.717, 1.165) is 17.2 Å². The normalized spacial score (nSPS) is 10.9. The van der Waals surface area contributed by atoms with Crippen LogP contribution in [0.1, 0.15) is 11.1 Å². The maximum Gasteiger partial charge on any atom is 0.328 e. The van der Waals surface area contributed by atoms with Crippen molar-refractivity contribution in [3.8, 4) is 0 Å². The van der Waals surface area contributed by atoms with E-state index in [1.807, 2.05) is 36.2 Å². The average molecular weight is 262 g/mol. The number of carboxylic acids is 1. The van der Waals surface area contributed by atoms with E-state index in [2.05, 4.69) is 5.32 Å². The molecular weight excluding hydrogens is 244 g/mol. The Balaban J connectivity index is 2.77. The van der Waals surface area contributed by atoms with Crippen molar-refractivity contribution in [3.63, 3.8) is 0 Å². The number of benzene rings is 1. The lowest BCUT2D eigenvalue weighted by Gasteiger charge is -2.17. The van der Waals surface area contributed by atoms with E-state index in [1.54, 1.807) is 13.1 Å². The Morgan fingerprint density at radius 3 is 2.68 bits per heavy atom. The number of nitrogens with zero attached hydrogens (tertiary/aromatic N) is 1. The van der Waals surface area contributed by atoms with Crippen LogP contribution in [0.3, 0.4) is 0 Å². The van der Waals surface area contributed by atoms with Gasteiger partial charge in [0.15, 0.2) is 0 Å². The van der Waals surface area contributed by atoms with Crippen molar-refractivity contribution < 1.29 is 14.7 Å². The average Bonchev–Trinajstić information content (AvgIpc) is 2.37. The second kappa shape index (κ2) is 7.33. The third-order valence-electron chi connectivity index (χ3n) is 2.59. The van der Waals surface area contributed by atoms with Gasteiger partial charge in [-0.25, -0.2) is 4.79 Å². The Kier molecular flexibility index (Phi) is 5.75. The summed E-state index contributed by atoms with van der Waals surface area (Å²) in [5.41, 5.74) is 1.82. The number of carbonyl (C=O) groups is 2. The molecule has 1 amide bonds. The van der Waals surface area contributed by atoms with Crippen LogP contribution in [0.15, 0.2) is 30.3 Å². The zero-order valence-electron chi connectivity index (χ0n) is 11.1. The molecule has 0 spiro atoms. The zero-order chi connectivity index (χ0) is 14.3. The molecule has 0 aliphatic rings. The van der Waals surface area contributed by atoms with Crippen molar-refractivity contribution in [1.82, 2.24) is 10.2 Å². The number of nitrogens with one attached hydrogen (secondary N) is 1. The molecule has 19 heavy (non-hydrogen) atoms. The minimum absolute atomic E-state index is 0.0546. The number of hydrogen-bond donors (Lipinski definition) is 2. The Morgan fingerprint density at radius 1 is 1.37 bits per heavy atom. The van der Waals surface area contributed by atoms with Gasteiger partial charge in [-0.3, -0.25) is 9.69 Å². The molecule has 0 saturated heterocycles. The first-order valence-electron chi connectivity index (χ1n) is 5.91. The number of carbonyl (C=O) groups excluding carboxylic acids is 1. The van der Waals surface area contributed by atoms with E-state index in [4.69, 9.17) is 5.11 Å². The minimum Gasteiger partial charge on any atom is -0.478 e. The van der Waals surface area contributed by atoms with E-state index >= 15 is 0 Å². The van der Waals surface area contributed by atoms with E-state index in [9.17, 15) is 9.59 Å². The summed E-state index contributed by atoms with van der Waals surface area (Å²) in [7, 11) is 3.44. The molecule has 5 heteroatoms. The lowest BCUT2D eigenvalue weighted by atomic mass is 10.1. The lowest BCUT2D eigenvalue weighted by Crippen LogP contribution is -2.32. The molecule has 0 fully saturated rings. The monoisotopic (exact) mass is 262 g/mol. The van der Waals surface area contributed by atoms with E-state index in [1.165, 1.54) is 0 Å². The van der Waals surface area contributed by atoms with Gasteiger partial charge in [-0.15, -0.1) is 0 Å². The van der Waals surface area contributed by atoms with Crippen LogP contribution in [-0.2, 0) is 16.1 Å². The predicted molar refractivity (Wildman–Crippen MR) is 73.5 cm³/mol. The Bertz CT molecular complexity index is 483. The first-order chi connectivity index (χ1) is 9.02. The molecule has 0 aromatic heterocycles. The van der Waals surface area contributed by atoms with Crippen LogP contribution in [0.25, 0.3) is 6.08 Å². The van der Waals surface area contributed by atoms with E-state index in [-0.39, 0.29) is 5.91 Å². The molecule has 0 aliphatic carbocycles. The highest BCUT2D eigenvalue weighted by Crippen LogP contribution is 2.12. The van der Waals surface area contributed by atoms with Gasteiger partial charge in [0, 0.05) is 19.7 Å². The molecule has 0 saturated carbocycles. The van der Waals surface area contributed by atoms with Crippen molar-refractivity contribution in [3.05, 3.63) is 41.5 Å². The topological polar surface area (TPSA) is 69.6 Å². The molecule has 2 N–H and O–H groups in total. The summed E-state index contributed by atoms with van der Waals surface area (Å²) in [6, 6.07) is 7.51. The standard InChI is InChI=1S/C14H18N2O3/c1-15-13(17)10-16(2)9-12-6-4-3-5-11(12)7-8-14(18)19/h3-8H,9-10H2,1-2H3,(H,15,17)(H,18,19)/b8-7+. The van der Waals surface area contributed by atoms with Crippen molar-refractivity contribution >= 4 is 18.0 Å². The maximum absolute atomic E-state index is 11.3. The van der Waals surface area contributed by atoms with E-state index < -0.39 is 5.97 Å². The predicted octanol–water partition coefficient (Wildman–Crippen LogP) is 0.962. The zero-order valence-corrected chi connectivity index (χ0v) is 11.1. The van der Waals surface area contributed by atoms with Crippen molar-refractivity contribution in [2.75, 3.05) is 20.6 Å². The summed E-state index contributed by atoms with van der Waals surface area (Å²) in [5.74, 6) is -1.03. The van der Waals surface area contributed by atoms with Crippen molar-refractivity contribution in [2.45, 2.75) is 6.54 Å². The minimum atomic E-state index is -0.978. The third kappa shape index (κ3) is 5.35. The summed E-state index contributed by atoms with van der Waals surface area (Å²) in [5, 5.41) is 11.2. The van der Waals surface area contributed by atoms with Gasteiger partial charge in [-0.1, -0.05) is 24.3 Å². The number of amides is 1. The Labute approximate surface area is 112 Å². The molecule has 102 valence electrons. The number of aliphatic carboxylic acids is 1. The molecule has 5 nitrogen and oxygen atoms in total. The van der Waals surface area contributed by atoms with Gasteiger partial charge in [0.05, 0.1) is 6.54 Å². The van der Waals surface area contributed by atoms with Gasteiger partial charge in [0.2, 0.25) is 5.91 Å². The molecule has 0 bridgehead atoms. The Morgan fingerprint density at radius 2 is 2.05 bits per heavy atom. The summed E-state index contributed by atoms with van der Waals surface area (Å²) >= 11 is 0. The fourth-order valence-corrected chi connectivity index (χ4v) is 1.67. The van der Waals surface area contributed by atoms with Crippen LogP contribution in [-0.4, -0.2) is 42.5 Å². The van der Waals surface area contributed by atoms with Gasteiger partial charge >= 0.3 is 5.97 Å². The molecule has 0 unspecified atom stereocenters. The second-order valence-electron chi connectivity index (χ2n) is 4.22. The fraction of sp³-hybridized carbons (Fsp3) is 0.286. The van der Waals surface area contributed by atoms with Crippen LogP contribution in [0.5, 0.6) is 0 Å². The fourth-order valence-electron chi connectivity index (χ4n) is 1.67. The van der Waals surface area contributed by atoms with Gasteiger partial charge < -0.3 is 10.4 Å². The number of rotatable bonds is 6. The van der Waals surface area contributed by atoms with Crippen molar-refractivity contribution in [1.29, 1.82) is 0 Å². The van der Waals surface area contributed by atoms with Crippen LogP contribution >= 0.6 is 0 Å². The highest BCUT2D eigenvalue weighted by molar-refractivity contribution is 5.85. The van der Waals surface area contributed by atoms with Crippen LogP contribution in [0, 0.1) is 0 Å². The summed E-state index contributed by atoms with van der Waals surface area (Å²) in [4.78, 5) is 23.7. The highest BCUT2D eigenvalue weighted by atomic mass is 16.4. The third-order valence-corrected chi connectivity index (χ3v) is 2.59.